The Labute approximate surface area is 112 Å². The Hall–Kier alpha value is 1.58. The second-order valence-electron chi connectivity index (χ2n) is 1.92. The second kappa shape index (κ2) is 9.67. The van der Waals surface area contributed by atoms with Crippen LogP contribution in [0.1, 0.15) is 0 Å². The normalized spacial score (nSPS) is 21.8. The van der Waals surface area contributed by atoms with Gasteiger partial charge in [0.25, 0.3) is 0 Å². The van der Waals surface area contributed by atoms with E-state index in [-0.39, 0.29) is 49.4 Å². The number of rotatable bonds is 0. The van der Waals surface area contributed by atoms with Crippen molar-refractivity contribution in [2.24, 2.45) is 0 Å². The van der Waals surface area contributed by atoms with Crippen molar-refractivity contribution in [1.82, 2.24) is 0 Å². The van der Waals surface area contributed by atoms with Gasteiger partial charge >= 0.3 is 0 Å². The Morgan fingerprint density at radius 1 is 0.273 bits per heavy atom. The van der Waals surface area contributed by atoms with Crippen molar-refractivity contribution in [2.45, 2.75) is 0 Å². The van der Waals surface area contributed by atoms with Gasteiger partial charge in [-0.05, 0) is 64.2 Å². The number of hydrogen-bond acceptors (Lipinski definition) is 0. The third-order valence-electron chi connectivity index (χ3n) is 1.11. The summed E-state index contributed by atoms with van der Waals surface area (Å²) in [6.07, 6.45) is 20.0. The molecule has 0 aromatic rings. The van der Waals surface area contributed by atoms with E-state index in [9.17, 15) is 0 Å². The molecular weight excluding hydrogens is 272 g/mol. The first kappa shape index (κ1) is 12.6. The summed E-state index contributed by atoms with van der Waals surface area (Å²) in [4.78, 5) is 0. The molecule has 2 aliphatic carbocycles. The van der Waals surface area contributed by atoms with Gasteiger partial charge in [-0.1, -0.05) is 0 Å². The molecule has 0 bridgehead atoms. The minimum absolute atomic E-state index is 0. The number of hydrogen-bond donors (Lipinski definition) is 0. The van der Waals surface area contributed by atoms with Gasteiger partial charge in [0.1, 0.15) is 0 Å². The van der Waals surface area contributed by atoms with E-state index in [1.807, 2.05) is 64.2 Å². The molecule has 2 saturated carbocycles. The Balaban J connectivity index is 0.000000167. The van der Waals surface area contributed by atoms with Crippen LogP contribution in [0.15, 0.2) is 0 Å². The quantitative estimate of drug-likeness (QED) is 0.638. The fourth-order valence-electron chi connectivity index (χ4n) is 0.642. The summed E-state index contributed by atoms with van der Waals surface area (Å²) < 4.78 is 0. The van der Waals surface area contributed by atoms with Crippen LogP contribution in [0.5, 0.6) is 0 Å². The van der Waals surface area contributed by atoms with Crippen LogP contribution in [0.25, 0.3) is 0 Å². The smallest absolute Gasteiger partial charge is 0 e. The second-order valence-corrected chi connectivity index (χ2v) is 1.92. The molecule has 0 amide bonds. The predicted molar refractivity (Wildman–Crippen MR) is 43.0 cm³/mol. The van der Waals surface area contributed by atoms with Gasteiger partial charge in [-0.25, -0.2) is 0 Å². The van der Waals surface area contributed by atoms with Crippen LogP contribution in [0.3, 0.4) is 0 Å². The van der Waals surface area contributed by atoms with E-state index in [4.69, 9.17) is 0 Å². The molecule has 57 valence electrons. The zero-order chi connectivity index (χ0) is 7.07. The Morgan fingerprint density at radius 3 is 0.455 bits per heavy atom. The van der Waals surface area contributed by atoms with Gasteiger partial charge in [0.15, 0.2) is 0 Å². The van der Waals surface area contributed by atoms with E-state index < -0.39 is 0 Å². The minimum Gasteiger partial charge on any atom is -0.0312 e. The van der Waals surface area contributed by atoms with Gasteiger partial charge in [0.2, 0.25) is 0 Å². The Morgan fingerprint density at radius 2 is 0.364 bits per heavy atom. The van der Waals surface area contributed by atoms with Crippen molar-refractivity contribution in [3.05, 3.63) is 64.2 Å². The fourth-order valence-corrected chi connectivity index (χ4v) is 0.642. The van der Waals surface area contributed by atoms with E-state index in [0.29, 0.717) is 0 Å². The van der Waals surface area contributed by atoms with E-state index in [2.05, 4.69) is 0 Å². The first-order chi connectivity index (χ1) is 5.00. The van der Waals surface area contributed by atoms with Gasteiger partial charge in [0.05, 0.1) is 0 Å². The summed E-state index contributed by atoms with van der Waals surface area (Å²) >= 11 is 0. The van der Waals surface area contributed by atoms with Gasteiger partial charge < -0.3 is 0 Å². The molecule has 0 unspecified atom stereocenters. The van der Waals surface area contributed by atoms with Crippen molar-refractivity contribution in [3.8, 4) is 0 Å². The van der Waals surface area contributed by atoms with Crippen molar-refractivity contribution in [3.63, 3.8) is 0 Å². The van der Waals surface area contributed by atoms with Crippen LogP contribution in [0.2, 0.25) is 0 Å². The van der Waals surface area contributed by atoms with Crippen LogP contribution in [0.4, 0.5) is 0 Å². The topological polar surface area (TPSA) is 0 Å². The minimum atomic E-state index is 0. The third-order valence-corrected chi connectivity index (χ3v) is 1.11. The van der Waals surface area contributed by atoms with Crippen LogP contribution in [-0.4, -0.2) is 0 Å². The summed E-state index contributed by atoms with van der Waals surface area (Å²) in [5, 5.41) is 0. The maximum Gasteiger partial charge on any atom is 0 e. The summed E-state index contributed by atoms with van der Waals surface area (Å²) in [6, 6.07) is 0. The first-order valence-electron chi connectivity index (χ1n) is 3.33. The molecule has 11 radical (unpaired) electrons. The average Bonchev–Trinajstić information content (AvgIpc) is 2.67. The van der Waals surface area contributed by atoms with Crippen molar-refractivity contribution in [1.29, 1.82) is 0 Å². The monoisotopic (exact) mass is 283 g/mol. The van der Waals surface area contributed by atoms with E-state index in [1.54, 1.807) is 0 Å². The molecule has 11 heavy (non-hydrogen) atoms. The molecule has 2 fully saturated rings. The molecule has 2 aliphatic rings. The molecule has 2 rings (SSSR count). The molecule has 0 saturated heterocycles. The molecule has 0 spiro atoms. The van der Waals surface area contributed by atoms with Crippen molar-refractivity contribution < 1.29 is 49.4 Å². The zero-order valence-electron chi connectivity index (χ0n) is 6.15. The Bertz CT molecular complexity index is 38.1. The molecule has 0 nitrogen and oxygen atoms in total. The van der Waals surface area contributed by atoms with Crippen LogP contribution >= 0.6 is 0 Å². The SMILES string of the molecule is [CH]1[CH][CH][CH][CH]1.[CH]1[CH][CH][CH][CH]1.[Eu]. The summed E-state index contributed by atoms with van der Waals surface area (Å²) in [6.45, 7) is 0. The zero-order valence-corrected chi connectivity index (χ0v) is 8.58. The predicted octanol–water partition coefficient (Wildman–Crippen LogP) is 2.04. The standard InChI is InChI=1S/2C5H5.Eu/c2*1-2-4-5-3-1;/h2*1-5H;. The molecule has 0 N–H and O–H groups in total. The third kappa shape index (κ3) is 7.93. The molecule has 0 aliphatic heterocycles. The van der Waals surface area contributed by atoms with E-state index in [0.717, 1.165) is 0 Å². The molecule has 0 aromatic heterocycles. The van der Waals surface area contributed by atoms with Crippen LogP contribution in [-0.2, 0) is 0 Å². The first-order valence-corrected chi connectivity index (χ1v) is 3.33. The fraction of sp³-hybridized carbons (Fsp3) is 0. The molecule has 0 aromatic carbocycles. The van der Waals surface area contributed by atoms with Gasteiger partial charge in [-0.3, -0.25) is 0 Å². The summed E-state index contributed by atoms with van der Waals surface area (Å²) in [7, 11) is 0. The molecule has 0 atom stereocenters. The molecular formula is C10H10Eu. The maximum absolute atomic E-state index is 2.00. The molecule has 1 heteroatoms. The van der Waals surface area contributed by atoms with Crippen molar-refractivity contribution >= 4 is 0 Å². The summed E-state index contributed by atoms with van der Waals surface area (Å²) in [5.41, 5.74) is 0. The van der Waals surface area contributed by atoms with Gasteiger partial charge in [-0.15, -0.1) is 0 Å². The van der Waals surface area contributed by atoms with E-state index in [1.165, 1.54) is 0 Å². The largest absolute Gasteiger partial charge is 0.0312 e. The van der Waals surface area contributed by atoms with Gasteiger partial charge in [0, 0.05) is 49.4 Å². The van der Waals surface area contributed by atoms with Gasteiger partial charge in [-0.2, -0.15) is 0 Å². The van der Waals surface area contributed by atoms with Crippen molar-refractivity contribution in [2.75, 3.05) is 0 Å². The van der Waals surface area contributed by atoms with Crippen LogP contribution in [0, 0.1) is 114 Å². The maximum atomic E-state index is 2.00. The summed E-state index contributed by atoms with van der Waals surface area (Å²) in [5.74, 6) is 0. The molecule has 0 heterocycles. The van der Waals surface area contributed by atoms with E-state index >= 15 is 0 Å². The average molecular weight is 282 g/mol. The Kier molecular flexibility index (Phi) is 11.1. The van der Waals surface area contributed by atoms with Crippen LogP contribution < -0.4 is 0 Å².